The first-order chi connectivity index (χ1) is 14.8. The molecule has 3 aromatic rings. The molecule has 0 unspecified atom stereocenters. The second-order valence-electron chi connectivity index (χ2n) is 7.66. The molecule has 0 bridgehead atoms. The lowest BCUT2D eigenvalue weighted by atomic mass is 10.0. The zero-order valence-electron chi connectivity index (χ0n) is 17.2. The molecule has 2 heterocycles. The molecule has 1 aliphatic heterocycles. The minimum absolute atomic E-state index is 0.131. The van der Waals surface area contributed by atoms with Gasteiger partial charge in [0.15, 0.2) is 0 Å². The molecule has 0 spiro atoms. The second-order valence-corrected chi connectivity index (χ2v) is 8.58. The highest BCUT2D eigenvalue weighted by atomic mass is 79.9. The Kier molecular flexibility index (Phi) is 5.83. The Balaban J connectivity index is 1.79. The van der Waals surface area contributed by atoms with Gasteiger partial charge < -0.3 is 15.0 Å². The van der Waals surface area contributed by atoms with E-state index >= 15 is 0 Å². The highest BCUT2D eigenvalue weighted by Crippen LogP contribution is 2.35. The molecular formula is C23H22BrF2N3O2. The molecule has 1 saturated heterocycles. The number of carbonyl (C=O) groups is 1. The van der Waals surface area contributed by atoms with Gasteiger partial charge in [-0.3, -0.25) is 4.79 Å². The Morgan fingerprint density at radius 1 is 1.23 bits per heavy atom. The molecule has 5 nitrogen and oxygen atoms in total. The van der Waals surface area contributed by atoms with Crippen LogP contribution in [0.3, 0.4) is 0 Å². The molecule has 1 amide bonds. The van der Waals surface area contributed by atoms with Crippen molar-refractivity contribution in [3.05, 3.63) is 58.1 Å². The van der Waals surface area contributed by atoms with Crippen LogP contribution >= 0.6 is 15.9 Å². The lowest BCUT2D eigenvalue weighted by molar-refractivity contribution is -0.0118. The molecule has 0 aliphatic carbocycles. The van der Waals surface area contributed by atoms with E-state index in [9.17, 15) is 13.6 Å². The Bertz CT molecular complexity index is 1140. The van der Waals surface area contributed by atoms with E-state index in [1.54, 1.807) is 49.3 Å². The van der Waals surface area contributed by atoms with Crippen LogP contribution in [0.2, 0.25) is 0 Å². The molecule has 2 aromatic carbocycles. The van der Waals surface area contributed by atoms with Crippen LogP contribution in [0.4, 0.5) is 20.3 Å². The lowest BCUT2D eigenvalue weighted by Crippen LogP contribution is -2.43. The maximum absolute atomic E-state index is 14.1. The number of ether oxygens (including phenoxy) is 1. The van der Waals surface area contributed by atoms with Gasteiger partial charge in [0.05, 0.1) is 24.7 Å². The fourth-order valence-electron chi connectivity index (χ4n) is 3.93. The molecule has 0 atom stereocenters. The molecule has 31 heavy (non-hydrogen) atoms. The first-order valence-electron chi connectivity index (χ1n) is 9.95. The number of benzene rings is 2. The number of hydrogen-bond donors (Lipinski definition) is 1. The third-order valence-corrected chi connectivity index (χ3v) is 5.93. The highest BCUT2D eigenvalue weighted by Gasteiger charge is 2.36. The van der Waals surface area contributed by atoms with E-state index in [1.165, 1.54) is 0 Å². The van der Waals surface area contributed by atoms with E-state index < -0.39 is 12.5 Å². The lowest BCUT2D eigenvalue weighted by Gasteiger charge is -2.34. The number of fused-ring (bicyclic) bond motifs is 1. The number of amides is 1. The molecular weight excluding hydrogens is 468 g/mol. The molecule has 1 fully saturated rings. The second kappa shape index (κ2) is 8.42. The van der Waals surface area contributed by atoms with Gasteiger partial charge in [0.25, 0.3) is 11.8 Å². The maximum Gasteiger partial charge on any atom is 0.265 e. The van der Waals surface area contributed by atoms with E-state index in [4.69, 9.17) is 4.74 Å². The number of methoxy groups -OCH3 is 1. The number of alkyl halides is 2. The third kappa shape index (κ3) is 4.49. The first kappa shape index (κ1) is 21.5. The summed E-state index contributed by atoms with van der Waals surface area (Å²) in [6, 6.07) is 12.4. The van der Waals surface area contributed by atoms with Crippen molar-refractivity contribution in [1.29, 1.82) is 0 Å². The number of carbonyl (C=O) groups excluding carboxylic acids is 1. The van der Waals surface area contributed by atoms with Crippen LogP contribution in [-0.4, -0.2) is 37.0 Å². The maximum atomic E-state index is 14.1. The van der Waals surface area contributed by atoms with Crippen molar-refractivity contribution in [3.63, 3.8) is 0 Å². The number of halogens is 3. The van der Waals surface area contributed by atoms with Crippen molar-refractivity contribution >= 4 is 44.2 Å². The van der Waals surface area contributed by atoms with Crippen molar-refractivity contribution in [2.45, 2.75) is 25.7 Å². The predicted molar refractivity (Wildman–Crippen MR) is 122 cm³/mol. The average Bonchev–Trinajstić information content (AvgIpc) is 2.73. The molecule has 4 rings (SSSR count). The summed E-state index contributed by atoms with van der Waals surface area (Å²) in [5.74, 6) is -1.99. The molecule has 0 saturated carbocycles. The number of nitrogens with zero attached hydrogens (tertiary/aromatic N) is 2. The number of aromatic nitrogens is 1. The van der Waals surface area contributed by atoms with Gasteiger partial charge in [0, 0.05) is 34.1 Å². The summed E-state index contributed by atoms with van der Waals surface area (Å²) in [6.45, 7) is 1.84. The molecule has 1 aliphatic rings. The monoisotopic (exact) mass is 489 g/mol. The Labute approximate surface area is 187 Å². The minimum atomic E-state index is -2.77. The van der Waals surface area contributed by atoms with Crippen LogP contribution in [0.15, 0.2) is 46.9 Å². The average molecular weight is 490 g/mol. The molecule has 1 aromatic heterocycles. The van der Waals surface area contributed by atoms with Crippen LogP contribution < -0.4 is 15.0 Å². The van der Waals surface area contributed by atoms with Crippen LogP contribution in [-0.2, 0) is 0 Å². The van der Waals surface area contributed by atoms with Gasteiger partial charge in [0.1, 0.15) is 11.6 Å². The van der Waals surface area contributed by atoms with Gasteiger partial charge in [-0.05, 0) is 55.8 Å². The standard InChI is InChI=1S/C23H22BrF2N3O2/c1-14-20(22(30)27-16-5-7-17(31-2)8-6-16)18-12-15(24)4-9-19(18)28-21(14)29-11-3-10-23(25,26)13-29/h4-9,12H,3,10-11,13H2,1-2H3,(H,27,30). The van der Waals surface area contributed by atoms with E-state index in [0.29, 0.717) is 52.3 Å². The van der Waals surface area contributed by atoms with Gasteiger partial charge in [-0.25, -0.2) is 13.8 Å². The number of nitrogens with one attached hydrogen (secondary N) is 1. The van der Waals surface area contributed by atoms with Gasteiger partial charge in [-0.2, -0.15) is 0 Å². The van der Waals surface area contributed by atoms with E-state index in [-0.39, 0.29) is 12.3 Å². The SMILES string of the molecule is COc1ccc(NC(=O)c2c(C)c(N3CCCC(F)(F)C3)nc3ccc(Br)cc23)cc1. The predicted octanol–water partition coefficient (Wildman–Crippen LogP) is 5.80. The fourth-order valence-corrected chi connectivity index (χ4v) is 4.29. The number of anilines is 2. The van der Waals surface area contributed by atoms with Crippen molar-refractivity contribution in [2.75, 3.05) is 30.4 Å². The number of piperidine rings is 1. The van der Waals surface area contributed by atoms with Crippen molar-refractivity contribution in [2.24, 2.45) is 0 Å². The van der Waals surface area contributed by atoms with Crippen LogP contribution in [0.1, 0.15) is 28.8 Å². The molecule has 1 N–H and O–H groups in total. The smallest absolute Gasteiger partial charge is 0.265 e. The highest BCUT2D eigenvalue weighted by molar-refractivity contribution is 9.10. The van der Waals surface area contributed by atoms with E-state index in [1.807, 2.05) is 12.1 Å². The largest absolute Gasteiger partial charge is 0.497 e. The molecule has 8 heteroatoms. The number of hydrogen-bond acceptors (Lipinski definition) is 4. The van der Waals surface area contributed by atoms with E-state index in [0.717, 1.165) is 4.47 Å². The van der Waals surface area contributed by atoms with Crippen LogP contribution in [0, 0.1) is 6.92 Å². The summed E-state index contributed by atoms with van der Waals surface area (Å²) in [6.07, 6.45) is 0.244. The third-order valence-electron chi connectivity index (χ3n) is 5.43. The van der Waals surface area contributed by atoms with E-state index in [2.05, 4.69) is 26.2 Å². The van der Waals surface area contributed by atoms with Crippen molar-refractivity contribution in [1.82, 2.24) is 4.98 Å². The zero-order chi connectivity index (χ0) is 22.2. The topological polar surface area (TPSA) is 54.5 Å². The van der Waals surface area contributed by atoms with Gasteiger partial charge in [0.2, 0.25) is 0 Å². The zero-order valence-corrected chi connectivity index (χ0v) is 18.8. The fraction of sp³-hybridized carbons (Fsp3) is 0.304. The molecule has 162 valence electrons. The van der Waals surface area contributed by atoms with Crippen LogP contribution in [0.5, 0.6) is 5.75 Å². The Morgan fingerprint density at radius 3 is 2.65 bits per heavy atom. The first-order valence-corrected chi connectivity index (χ1v) is 10.7. The summed E-state index contributed by atoms with van der Waals surface area (Å²) in [5.41, 5.74) is 2.19. The van der Waals surface area contributed by atoms with Gasteiger partial charge >= 0.3 is 0 Å². The summed E-state index contributed by atoms with van der Waals surface area (Å²) in [7, 11) is 1.57. The molecule has 0 radical (unpaired) electrons. The van der Waals surface area contributed by atoms with Gasteiger partial charge in [-0.1, -0.05) is 15.9 Å². The quantitative estimate of drug-likeness (QED) is 0.502. The summed E-state index contributed by atoms with van der Waals surface area (Å²) >= 11 is 3.45. The Hall–Kier alpha value is -2.74. The summed E-state index contributed by atoms with van der Waals surface area (Å²) in [5, 5.41) is 3.56. The summed E-state index contributed by atoms with van der Waals surface area (Å²) in [4.78, 5) is 19.6. The normalized spacial score (nSPS) is 15.7. The van der Waals surface area contributed by atoms with Gasteiger partial charge in [-0.15, -0.1) is 0 Å². The van der Waals surface area contributed by atoms with Crippen LogP contribution in [0.25, 0.3) is 10.9 Å². The minimum Gasteiger partial charge on any atom is -0.497 e. The van der Waals surface area contributed by atoms with Crippen molar-refractivity contribution < 1.29 is 18.3 Å². The Morgan fingerprint density at radius 2 is 1.97 bits per heavy atom. The summed E-state index contributed by atoms with van der Waals surface area (Å²) < 4.78 is 34.1. The number of pyridine rings is 1. The number of rotatable bonds is 4. The van der Waals surface area contributed by atoms with Crippen molar-refractivity contribution in [3.8, 4) is 5.75 Å².